The van der Waals surface area contributed by atoms with Crippen molar-refractivity contribution in [3.63, 3.8) is 0 Å². The van der Waals surface area contributed by atoms with Crippen LogP contribution in [0.15, 0.2) is 42.9 Å². The van der Waals surface area contributed by atoms with E-state index in [1.165, 1.54) is 0 Å². The van der Waals surface area contributed by atoms with Crippen LogP contribution in [0.3, 0.4) is 0 Å². The van der Waals surface area contributed by atoms with Gasteiger partial charge < -0.3 is 5.32 Å². The number of rotatable bonds is 3. The van der Waals surface area contributed by atoms with Gasteiger partial charge in [-0.2, -0.15) is 0 Å². The molecule has 2 heterocycles. The van der Waals surface area contributed by atoms with Crippen LogP contribution in [0.5, 0.6) is 0 Å². The van der Waals surface area contributed by atoms with Gasteiger partial charge in [0.1, 0.15) is 0 Å². The minimum atomic E-state index is -2.56. The van der Waals surface area contributed by atoms with Gasteiger partial charge in [0.2, 0.25) is 5.95 Å². The molecule has 2 aliphatic rings. The zero-order chi connectivity index (χ0) is 19.1. The van der Waals surface area contributed by atoms with E-state index in [2.05, 4.69) is 31.3 Å². The van der Waals surface area contributed by atoms with E-state index in [0.717, 1.165) is 52.7 Å². The van der Waals surface area contributed by atoms with Crippen molar-refractivity contribution >= 4 is 22.6 Å². The monoisotopic (exact) mass is 379 g/mol. The van der Waals surface area contributed by atoms with Crippen LogP contribution in [0.1, 0.15) is 42.5 Å². The van der Waals surface area contributed by atoms with Gasteiger partial charge in [-0.05, 0) is 42.5 Å². The maximum absolute atomic E-state index is 13.1. The molecule has 0 amide bonds. The topological polar surface area (TPSA) is 63.6 Å². The highest BCUT2D eigenvalue weighted by atomic mass is 19.3. The van der Waals surface area contributed by atoms with Gasteiger partial charge in [-0.3, -0.25) is 9.97 Å². The standard InChI is InChI=1S/C21H19F2N5/c22-21(23)10-14(11-21)27-20-26-12-16-15(3-1-2-4-17(16)28-20)13-5-6-18-19(9-13)25-8-7-24-18/h3,5-9,12,14H,1-2,4,10-11H2,(H,26,27,28). The molecule has 0 atom stereocenters. The molecule has 0 unspecified atom stereocenters. The molecule has 5 rings (SSSR count). The third kappa shape index (κ3) is 3.21. The Kier molecular flexibility index (Phi) is 4.03. The van der Waals surface area contributed by atoms with Crippen molar-refractivity contribution in [2.24, 2.45) is 0 Å². The Bertz CT molecular complexity index is 1070. The quantitative estimate of drug-likeness (QED) is 0.731. The molecular weight excluding hydrogens is 360 g/mol. The normalized spacial score (nSPS) is 18.7. The molecule has 3 aromatic rings. The van der Waals surface area contributed by atoms with Crippen LogP contribution in [-0.4, -0.2) is 31.9 Å². The third-order valence-corrected chi connectivity index (χ3v) is 5.33. The number of allylic oxidation sites excluding steroid dienone is 1. The molecule has 2 aliphatic carbocycles. The van der Waals surface area contributed by atoms with Crippen LogP contribution in [0.2, 0.25) is 0 Å². The van der Waals surface area contributed by atoms with E-state index < -0.39 is 5.92 Å². The predicted molar refractivity (Wildman–Crippen MR) is 103 cm³/mol. The Hall–Kier alpha value is -2.96. The number of hydrogen-bond donors (Lipinski definition) is 1. The van der Waals surface area contributed by atoms with Gasteiger partial charge in [-0.1, -0.05) is 12.1 Å². The first-order chi connectivity index (χ1) is 13.6. The first-order valence-corrected chi connectivity index (χ1v) is 9.49. The number of nitrogens with zero attached hydrogens (tertiary/aromatic N) is 4. The summed E-state index contributed by atoms with van der Waals surface area (Å²) >= 11 is 0. The van der Waals surface area contributed by atoms with Crippen LogP contribution in [0, 0.1) is 0 Å². The number of halogens is 2. The second-order valence-electron chi connectivity index (χ2n) is 7.43. The van der Waals surface area contributed by atoms with E-state index >= 15 is 0 Å². The molecule has 142 valence electrons. The van der Waals surface area contributed by atoms with Crippen molar-refractivity contribution in [3.8, 4) is 0 Å². The summed E-state index contributed by atoms with van der Waals surface area (Å²) in [6.07, 6.45) is 9.85. The maximum Gasteiger partial charge on any atom is 0.252 e. The number of anilines is 1. The fourth-order valence-corrected chi connectivity index (χ4v) is 3.88. The van der Waals surface area contributed by atoms with Crippen molar-refractivity contribution in [2.75, 3.05) is 5.32 Å². The summed E-state index contributed by atoms with van der Waals surface area (Å²) in [5.41, 5.74) is 5.78. The summed E-state index contributed by atoms with van der Waals surface area (Å²) in [5, 5.41) is 3.04. The van der Waals surface area contributed by atoms with Crippen LogP contribution in [-0.2, 0) is 6.42 Å². The van der Waals surface area contributed by atoms with E-state index in [1.54, 1.807) is 18.6 Å². The maximum atomic E-state index is 13.1. The number of aromatic nitrogens is 4. The van der Waals surface area contributed by atoms with Crippen LogP contribution < -0.4 is 5.32 Å². The van der Waals surface area contributed by atoms with E-state index in [9.17, 15) is 8.78 Å². The minimum absolute atomic E-state index is 0.156. The Morgan fingerprint density at radius 3 is 2.68 bits per heavy atom. The Labute approximate surface area is 161 Å². The molecule has 0 spiro atoms. The first kappa shape index (κ1) is 17.2. The molecule has 7 heteroatoms. The summed E-state index contributed by atoms with van der Waals surface area (Å²) in [6.45, 7) is 0. The van der Waals surface area contributed by atoms with E-state index in [4.69, 9.17) is 0 Å². The Morgan fingerprint density at radius 1 is 1.04 bits per heavy atom. The van der Waals surface area contributed by atoms with Crippen molar-refractivity contribution < 1.29 is 8.78 Å². The van der Waals surface area contributed by atoms with Gasteiger partial charge in [0, 0.05) is 43.0 Å². The highest BCUT2D eigenvalue weighted by Gasteiger charge is 2.45. The lowest BCUT2D eigenvalue weighted by Gasteiger charge is -2.35. The Morgan fingerprint density at radius 2 is 1.86 bits per heavy atom. The molecule has 1 saturated carbocycles. The van der Waals surface area contributed by atoms with Crippen molar-refractivity contribution in [2.45, 2.75) is 44.1 Å². The zero-order valence-electron chi connectivity index (χ0n) is 15.2. The molecule has 1 N–H and O–H groups in total. The molecule has 28 heavy (non-hydrogen) atoms. The smallest absolute Gasteiger partial charge is 0.252 e. The lowest BCUT2D eigenvalue weighted by molar-refractivity contribution is -0.0794. The summed E-state index contributed by atoms with van der Waals surface area (Å²) < 4.78 is 26.1. The Balaban J connectivity index is 1.46. The first-order valence-electron chi connectivity index (χ1n) is 9.49. The highest BCUT2D eigenvalue weighted by molar-refractivity contribution is 5.86. The van der Waals surface area contributed by atoms with Gasteiger partial charge >= 0.3 is 0 Å². The predicted octanol–water partition coefficient (Wildman–Crippen LogP) is 4.40. The average Bonchev–Trinajstić information content (AvgIpc) is 2.88. The van der Waals surface area contributed by atoms with Gasteiger partial charge in [-0.25, -0.2) is 18.7 Å². The van der Waals surface area contributed by atoms with Crippen molar-refractivity contribution in [1.29, 1.82) is 0 Å². The minimum Gasteiger partial charge on any atom is -0.351 e. The van der Waals surface area contributed by atoms with Crippen LogP contribution in [0.25, 0.3) is 16.6 Å². The molecule has 0 saturated heterocycles. The number of hydrogen-bond acceptors (Lipinski definition) is 5. The summed E-state index contributed by atoms with van der Waals surface area (Å²) in [5.74, 6) is -2.12. The molecule has 1 aromatic carbocycles. The third-order valence-electron chi connectivity index (χ3n) is 5.33. The fraction of sp³-hybridized carbons (Fsp3) is 0.333. The second kappa shape index (κ2) is 6.58. The van der Waals surface area contributed by atoms with Gasteiger partial charge in [0.25, 0.3) is 5.92 Å². The molecule has 0 bridgehead atoms. The fourth-order valence-electron chi connectivity index (χ4n) is 3.88. The molecular formula is C21H19F2N5. The molecule has 2 aromatic heterocycles. The van der Waals surface area contributed by atoms with Crippen molar-refractivity contribution in [3.05, 3.63) is 59.7 Å². The van der Waals surface area contributed by atoms with Crippen LogP contribution in [0.4, 0.5) is 14.7 Å². The lowest BCUT2D eigenvalue weighted by atomic mass is 9.88. The average molecular weight is 379 g/mol. The number of benzene rings is 1. The van der Waals surface area contributed by atoms with Crippen molar-refractivity contribution in [1.82, 2.24) is 19.9 Å². The highest BCUT2D eigenvalue weighted by Crippen LogP contribution is 2.39. The van der Waals surface area contributed by atoms with Gasteiger partial charge in [-0.15, -0.1) is 0 Å². The molecule has 0 radical (unpaired) electrons. The van der Waals surface area contributed by atoms with E-state index in [-0.39, 0.29) is 18.9 Å². The number of alkyl halides is 2. The van der Waals surface area contributed by atoms with Crippen LogP contribution >= 0.6 is 0 Å². The largest absolute Gasteiger partial charge is 0.351 e. The van der Waals surface area contributed by atoms with E-state index in [0.29, 0.717) is 5.95 Å². The van der Waals surface area contributed by atoms with Gasteiger partial charge in [0.15, 0.2) is 0 Å². The zero-order valence-corrected chi connectivity index (χ0v) is 15.2. The van der Waals surface area contributed by atoms with E-state index in [1.807, 2.05) is 18.2 Å². The molecule has 5 nitrogen and oxygen atoms in total. The molecule has 0 aliphatic heterocycles. The number of fused-ring (bicyclic) bond motifs is 2. The summed E-state index contributed by atoms with van der Waals surface area (Å²) in [4.78, 5) is 17.8. The SMILES string of the molecule is FC1(F)CC(Nc2ncc3c(n2)CCCC=C3c2ccc3nccnc3c2)C1. The number of nitrogens with one attached hydrogen (secondary N) is 1. The summed E-state index contributed by atoms with van der Waals surface area (Å²) in [7, 11) is 0. The second-order valence-corrected chi connectivity index (χ2v) is 7.43. The number of aryl methyl sites for hydroxylation is 1. The van der Waals surface area contributed by atoms with Gasteiger partial charge in [0.05, 0.1) is 16.7 Å². The lowest BCUT2D eigenvalue weighted by Crippen LogP contribution is -2.44. The molecule has 1 fully saturated rings. The summed E-state index contributed by atoms with van der Waals surface area (Å²) in [6, 6.07) is 5.79.